The Bertz CT molecular complexity index is 631. The summed E-state index contributed by atoms with van der Waals surface area (Å²) in [5, 5.41) is 0. The Kier molecular flexibility index (Phi) is 3.37. The molecule has 0 unspecified atom stereocenters. The number of nitrogens with zero attached hydrogens (tertiary/aromatic N) is 3. The van der Waals surface area contributed by atoms with Crippen molar-refractivity contribution >= 4 is 5.95 Å². The number of fused-ring (bicyclic) bond motifs is 1. The van der Waals surface area contributed by atoms with Crippen molar-refractivity contribution < 1.29 is 9.47 Å². The molecule has 2 N–H and O–H groups in total. The van der Waals surface area contributed by atoms with Gasteiger partial charge in [-0.2, -0.15) is 15.0 Å². The van der Waals surface area contributed by atoms with Crippen molar-refractivity contribution in [2.24, 2.45) is 0 Å². The number of nitrogens with two attached hydrogens (primary N) is 1. The van der Waals surface area contributed by atoms with E-state index in [0.29, 0.717) is 19.0 Å². The van der Waals surface area contributed by atoms with Gasteiger partial charge < -0.3 is 15.2 Å². The molecule has 0 spiro atoms. The summed E-state index contributed by atoms with van der Waals surface area (Å²) in [5.74, 6) is 1.47. The van der Waals surface area contributed by atoms with Crippen LogP contribution in [0.5, 0.6) is 11.8 Å². The molecule has 104 valence electrons. The second-order valence-corrected chi connectivity index (χ2v) is 4.48. The summed E-state index contributed by atoms with van der Waals surface area (Å²) in [4.78, 5) is 12.4. The Morgan fingerprint density at radius 2 is 2.20 bits per heavy atom. The first kappa shape index (κ1) is 12.7. The summed E-state index contributed by atoms with van der Waals surface area (Å²) in [6.45, 7) is 3.06. The smallest absolute Gasteiger partial charge is 0.321 e. The lowest BCUT2D eigenvalue weighted by atomic mass is 10.0. The third kappa shape index (κ3) is 2.36. The standard InChI is InChI=1S/C14H16N4O2/c1-2-19-14-17-12(16-13(15)18-14)10-7-3-5-9-6-4-8-20-11(9)10/h3,5,7H,2,4,6,8H2,1H3,(H2,15,16,17,18). The molecular weight excluding hydrogens is 256 g/mol. The summed E-state index contributed by atoms with van der Waals surface area (Å²) in [6.07, 6.45) is 2.03. The third-order valence-corrected chi connectivity index (χ3v) is 3.08. The fourth-order valence-corrected chi connectivity index (χ4v) is 2.25. The van der Waals surface area contributed by atoms with Gasteiger partial charge in [-0.1, -0.05) is 12.1 Å². The highest BCUT2D eigenvalue weighted by Crippen LogP contribution is 2.35. The van der Waals surface area contributed by atoms with Crippen LogP contribution in [0.15, 0.2) is 18.2 Å². The number of aromatic nitrogens is 3. The molecule has 0 aliphatic carbocycles. The highest BCUT2D eigenvalue weighted by atomic mass is 16.5. The summed E-state index contributed by atoms with van der Waals surface area (Å²) >= 11 is 0. The van der Waals surface area contributed by atoms with Gasteiger partial charge in [0.25, 0.3) is 0 Å². The van der Waals surface area contributed by atoms with Gasteiger partial charge in [0.2, 0.25) is 5.95 Å². The zero-order chi connectivity index (χ0) is 13.9. The monoisotopic (exact) mass is 272 g/mol. The van der Waals surface area contributed by atoms with E-state index in [0.717, 1.165) is 24.2 Å². The number of anilines is 1. The van der Waals surface area contributed by atoms with Gasteiger partial charge >= 0.3 is 6.01 Å². The van der Waals surface area contributed by atoms with E-state index in [4.69, 9.17) is 15.2 Å². The van der Waals surface area contributed by atoms with Crippen molar-refractivity contribution in [1.82, 2.24) is 15.0 Å². The minimum atomic E-state index is 0.145. The molecule has 0 atom stereocenters. The van der Waals surface area contributed by atoms with Crippen LogP contribution < -0.4 is 15.2 Å². The quantitative estimate of drug-likeness (QED) is 0.918. The van der Waals surface area contributed by atoms with Gasteiger partial charge in [-0.15, -0.1) is 0 Å². The third-order valence-electron chi connectivity index (χ3n) is 3.08. The van der Waals surface area contributed by atoms with Crippen LogP contribution in [0.2, 0.25) is 0 Å². The molecule has 0 saturated carbocycles. The number of rotatable bonds is 3. The SMILES string of the molecule is CCOc1nc(N)nc(-c2cccc3c2OCCC3)n1. The molecule has 20 heavy (non-hydrogen) atoms. The molecule has 0 saturated heterocycles. The highest BCUT2D eigenvalue weighted by molar-refractivity contribution is 5.67. The minimum absolute atomic E-state index is 0.145. The zero-order valence-corrected chi connectivity index (χ0v) is 11.3. The fraction of sp³-hybridized carbons (Fsp3) is 0.357. The van der Waals surface area contributed by atoms with Crippen LogP contribution in [0.25, 0.3) is 11.4 Å². The Morgan fingerprint density at radius 1 is 1.30 bits per heavy atom. The Morgan fingerprint density at radius 3 is 3.05 bits per heavy atom. The molecule has 0 amide bonds. The molecule has 1 aromatic carbocycles. The molecule has 0 bridgehead atoms. The van der Waals surface area contributed by atoms with Gasteiger partial charge in [0.05, 0.1) is 18.8 Å². The van der Waals surface area contributed by atoms with Crippen molar-refractivity contribution in [1.29, 1.82) is 0 Å². The van der Waals surface area contributed by atoms with Crippen molar-refractivity contribution in [2.45, 2.75) is 19.8 Å². The highest BCUT2D eigenvalue weighted by Gasteiger charge is 2.18. The Labute approximate surface area is 117 Å². The first-order chi connectivity index (χ1) is 9.78. The first-order valence-corrected chi connectivity index (χ1v) is 6.67. The fourth-order valence-electron chi connectivity index (χ4n) is 2.25. The number of para-hydroxylation sites is 1. The molecule has 1 aliphatic heterocycles. The molecule has 6 heteroatoms. The van der Waals surface area contributed by atoms with Crippen molar-refractivity contribution in [3.05, 3.63) is 23.8 Å². The lowest BCUT2D eigenvalue weighted by Crippen LogP contribution is -2.10. The van der Waals surface area contributed by atoms with Gasteiger partial charge in [0, 0.05) is 0 Å². The van der Waals surface area contributed by atoms with Crippen LogP contribution in [0.3, 0.4) is 0 Å². The normalized spacial score (nSPS) is 13.4. The number of hydrogen-bond donors (Lipinski definition) is 1. The van der Waals surface area contributed by atoms with Crippen molar-refractivity contribution in [3.63, 3.8) is 0 Å². The van der Waals surface area contributed by atoms with Gasteiger partial charge in [0.15, 0.2) is 5.82 Å². The molecule has 1 aromatic heterocycles. The maximum atomic E-state index is 5.77. The van der Waals surface area contributed by atoms with Crippen LogP contribution in [0.4, 0.5) is 5.95 Å². The van der Waals surface area contributed by atoms with Gasteiger partial charge in [-0.25, -0.2) is 0 Å². The average Bonchev–Trinajstić information content (AvgIpc) is 2.46. The molecule has 0 radical (unpaired) electrons. The number of aryl methyl sites for hydroxylation is 1. The van der Waals surface area contributed by atoms with E-state index in [2.05, 4.69) is 21.0 Å². The predicted molar refractivity (Wildman–Crippen MR) is 74.7 cm³/mol. The van der Waals surface area contributed by atoms with E-state index in [1.54, 1.807) is 0 Å². The number of nitrogen functional groups attached to an aromatic ring is 1. The van der Waals surface area contributed by atoms with Crippen molar-refractivity contribution in [3.8, 4) is 23.1 Å². The van der Waals surface area contributed by atoms with E-state index in [9.17, 15) is 0 Å². The van der Waals surface area contributed by atoms with Crippen LogP contribution in [0, 0.1) is 0 Å². The molecule has 3 rings (SSSR count). The Balaban J connectivity index is 2.09. The molecule has 2 heterocycles. The molecule has 0 fully saturated rings. The maximum Gasteiger partial charge on any atom is 0.321 e. The van der Waals surface area contributed by atoms with Crippen molar-refractivity contribution in [2.75, 3.05) is 18.9 Å². The topological polar surface area (TPSA) is 83.2 Å². The summed E-state index contributed by atoms with van der Waals surface area (Å²) in [6, 6.07) is 6.20. The van der Waals surface area contributed by atoms with Crippen LogP contribution in [-0.2, 0) is 6.42 Å². The Hall–Kier alpha value is -2.37. The van der Waals surface area contributed by atoms with Crippen LogP contribution in [-0.4, -0.2) is 28.2 Å². The van der Waals surface area contributed by atoms with E-state index in [1.165, 1.54) is 5.56 Å². The van der Waals surface area contributed by atoms with E-state index < -0.39 is 0 Å². The second kappa shape index (κ2) is 5.32. The largest absolute Gasteiger partial charge is 0.493 e. The maximum absolute atomic E-state index is 5.77. The van der Waals surface area contributed by atoms with Crippen LogP contribution >= 0.6 is 0 Å². The van der Waals surface area contributed by atoms with Gasteiger partial charge in [-0.3, -0.25) is 0 Å². The molecule has 1 aliphatic rings. The summed E-state index contributed by atoms with van der Waals surface area (Å²) in [5.41, 5.74) is 7.72. The zero-order valence-electron chi connectivity index (χ0n) is 11.3. The second-order valence-electron chi connectivity index (χ2n) is 4.48. The number of ether oxygens (including phenoxy) is 2. The number of hydrogen-bond acceptors (Lipinski definition) is 6. The van der Waals surface area contributed by atoms with E-state index in [1.807, 2.05) is 19.1 Å². The first-order valence-electron chi connectivity index (χ1n) is 6.67. The lowest BCUT2D eigenvalue weighted by Gasteiger charge is -2.19. The predicted octanol–water partition coefficient (Wildman–Crippen LogP) is 1.84. The molecule has 6 nitrogen and oxygen atoms in total. The van der Waals surface area contributed by atoms with Gasteiger partial charge in [-0.05, 0) is 31.4 Å². The summed E-state index contributed by atoms with van der Waals surface area (Å²) < 4.78 is 11.1. The van der Waals surface area contributed by atoms with E-state index >= 15 is 0 Å². The number of benzene rings is 1. The van der Waals surface area contributed by atoms with Crippen LogP contribution in [0.1, 0.15) is 18.9 Å². The summed E-state index contributed by atoms with van der Waals surface area (Å²) in [7, 11) is 0. The molecular formula is C14H16N4O2. The van der Waals surface area contributed by atoms with Gasteiger partial charge in [0.1, 0.15) is 5.75 Å². The lowest BCUT2D eigenvalue weighted by molar-refractivity contribution is 0.289. The molecule has 2 aromatic rings. The average molecular weight is 272 g/mol. The minimum Gasteiger partial charge on any atom is -0.493 e. The van der Waals surface area contributed by atoms with E-state index in [-0.39, 0.29) is 12.0 Å².